The minimum atomic E-state index is -1.06. The van der Waals surface area contributed by atoms with Gasteiger partial charge in [-0.2, -0.15) is 0 Å². The van der Waals surface area contributed by atoms with Crippen molar-refractivity contribution in [2.75, 3.05) is 18.9 Å². The highest BCUT2D eigenvalue weighted by Gasteiger charge is 2.80. The number of para-hydroxylation sites is 1. The summed E-state index contributed by atoms with van der Waals surface area (Å²) in [5.41, 5.74) is 1.94. The van der Waals surface area contributed by atoms with Crippen molar-refractivity contribution < 1.29 is 14.7 Å². The van der Waals surface area contributed by atoms with Crippen LogP contribution in [0.4, 0.5) is 5.69 Å². The summed E-state index contributed by atoms with van der Waals surface area (Å²) in [4.78, 5) is 32.3. The molecule has 6 heteroatoms. The average molecular weight is 585 g/mol. The molecule has 2 aromatic rings. The van der Waals surface area contributed by atoms with Gasteiger partial charge in [-0.05, 0) is 98.9 Å². The van der Waals surface area contributed by atoms with Crippen molar-refractivity contribution in [3.05, 3.63) is 76.3 Å². The molecule has 220 valence electrons. The molecule has 2 heterocycles. The van der Waals surface area contributed by atoms with Crippen LogP contribution in [-0.2, 0) is 15.1 Å². The van der Waals surface area contributed by atoms with Gasteiger partial charge in [-0.1, -0.05) is 67.4 Å². The molecule has 2 spiro atoms. The smallest absolute Gasteiger partial charge is 0.250 e. The number of aliphatic hydroxyl groups excluding tert-OH is 1. The molecule has 4 aliphatic carbocycles. The number of Topliss-reactive ketones (excluding diaryl/α,β-unsaturated/α-hetero) is 1. The molecule has 42 heavy (non-hydrogen) atoms. The Kier molecular flexibility index (Phi) is 5.68. The van der Waals surface area contributed by atoms with Gasteiger partial charge in [-0.3, -0.25) is 14.5 Å². The van der Waals surface area contributed by atoms with Gasteiger partial charge in [-0.15, -0.1) is 0 Å². The number of nitrogens with zero attached hydrogens (tertiary/aromatic N) is 1. The SMILES string of the molecule is CN1C[C@@H](c2ccc(Cl)cc2)[C@@]2(C[C@H]3[C@@H]4CC=C5C[C@@H](O)CC[C@]5(C)[C@H]4CC[C@]3(C)C2=O)[C@@]12C(=O)Nc1ccccc12. The van der Waals surface area contributed by atoms with Gasteiger partial charge < -0.3 is 10.4 Å². The van der Waals surface area contributed by atoms with Gasteiger partial charge in [0.15, 0.2) is 0 Å². The van der Waals surface area contributed by atoms with Crippen LogP contribution < -0.4 is 5.32 Å². The van der Waals surface area contributed by atoms with Crippen molar-refractivity contribution in [3.63, 3.8) is 0 Å². The van der Waals surface area contributed by atoms with E-state index in [1.165, 1.54) is 5.57 Å². The fraction of sp³-hybridized carbons (Fsp3) is 0.556. The highest BCUT2D eigenvalue weighted by atomic mass is 35.5. The monoisotopic (exact) mass is 584 g/mol. The molecular weight excluding hydrogens is 544 g/mol. The third kappa shape index (κ3) is 3.08. The number of ketones is 1. The largest absolute Gasteiger partial charge is 0.393 e. The molecule has 1 amide bonds. The number of aliphatic hydroxyl groups is 1. The number of halogens is 1. The zero-order chi connectivity index (χ0) is 29.2. The third-order valence-electron chi connectivity index (χ3n) is 13.4. The van der Waals surface area contributed by atoms with Crippen molar-refractivity contribution in [2.24, 2.45) is 34.0 Å². The second-order valence-corrected chi connectivity index (χ2v) is 15.2. The van der Waals surface area contributed by atoms with E-state index in [1.54, 1.807) is 0 Å². The second-order valence-electron chi connectivity index (χ2n) is 14.8. The Labute approximate surface area is 253 Å². The summed E-state index contributed by atoms with van der Waals surface area (Å²) in [6, 6.07) is 16.0. The Bertz CT molecular complexity index is 1540. The van der Waals surface area contributed by atoms with Gasteiger partial charge in [0.05, 0.1) is 11.5 Å². The number of amides is 1. The van der Waals surface area contributed by atoms with Gasteiger partial charge >= 0.3 is 0 Å². The van der Waals surface area contributed by atoms with Crippen LogP contribution in [-0.4, -0.2) is 41.4 Å². The topological polar surface area (TPSA) is 69.6 Å². The highest BCUT2D eigenvalue weighted by Crippen LogP contribution is 2.75. The number of fused-ring (bicyclic) bond motifs is 8. The second kappa shape index (κ2) is 8.80. The van der Waals surface area contributed by atoms with E-state index < -0.39 is 16.4 Å². The van der Waals surface area contributed by atoms with E-state index in [2.05, 4.69) is 48.3 Å². The van der Waals surface area contributed by atoms with Crippen molar-refractivity contribution in [2.45, 2.75) is 76.4 Å². The van der Waals surface area contributed by atoms with Gasteiger partial charge in [0.2, 0.25) is 0 Å². The Morgan fingerprint density at radius 1 is 0.976 bits per heavy atom. The fourth-order valence-corrected chi connectivity index (χ4v) is 11.6. The van der Waals surface area contributed by atoms with Crippen LogP contribution >= 0.6 is 11.6 Å². The molecule has 3 saturated carbocycles. The van der Waals surface area contributed by atoms with Crippen LogP contribution in [0.25, 0.3) is 0 Å². The van der Waals surface area contributed by atoms with Crippen molar-refractivity contribution in [1.29, 1.82) is 0 Å². The number of anilines is 1. The zero-order valence-electron chi connectivity index (χ0n) is 24.8. The normalized spacial score (nSPS) is 44.0. The van der Waals surface area contributed by atoms with Crippen LogP contribution in [0.1, 0.15) is 75.8 Å². The molecule has 0 radical (unpaired) electrons. The van der Waals surface area contributed by atoms with Crippen LogP contribution in [0.3, 0.4) is 0 Å². The first-order valence-electron chi connectivity index (χ1n) is 15.9. The lowest BCUT2D eigenvalue weighted by Gasteiger charge is -2.56. The molecule has 8 rings (SSSR count). The van der Waals surface area contributed by atoms with Gasteiger partial charge in [-0.25, -0.2) is 0 Å². The van der Waals surface area contributed by atoms with E-state index in [9.17, 15) is 9.90 Å². The predicted molar refractivity (Wildman–Crippen MR) is 164 cm³/mol. The molecule has 4 fully saturated rings. The van der Waals surface area contributed by atoms with Crippen molar-refractivity contribution >= 4 is 29.0 Å². The zero-order valence-corrected chi connectivity index (χ0v) is 25.6. The summed E-state index contributed by atoms with van der Waals surface area (Å²) < 4.78 is 0. The number of likely N-dealkylation sites (N-methyl/N-ethyl adjacent to an activating group) is 1. The summed E-state index contributed by atoms with van der Waals surface area (Å²) in [7, 11) is 2.05. The minimum absolute atomic E-state index is 0.0612. The number of likely N-dealkylation sites (tertiary alicyclic amines) is 1. The van der Waals surface area contributed by atoms with E-state index in [1.807, 2.05) is 37.4 Å². The lowest BCUT2D eigenvalue weighted by molar-refractivity contribution is -0.148. The van der Waals surface area contributed by atoms with E-state index >= 15 is 4.79 Å². The van der Waals surface area contributed by atoms with E-state index in [4.69, 9.17) is 11.6 Å². The first kappa shape index (κ1) is 27.1. The highest BCUT2D eigenvalue weighted by molar-refractivity contribution is 6.30. The van der Waals surface area contributed by atoms with E-state index in [-0.39, 0.29) is 35.0 Å². The van der Waals surface area contributed by atoms with Crippen LogP contribution in [0, 0.1) is 34.0 Å². The summed E-state index contributed by atoms with van der Waals surface area (Å²) in [6.45, 7) is 5.30. The molecule has 0 unspecified atom stereocenters. The molecule has 1 saturated heterocycles. The number of nitrogens with one attached hydrogen (secondary N) is 1. The standard InChI is InChI=1S/C36H41ClN2O3/c1-33-16-14-24(40)18-22(33)10-13-25-26(33)15-17-34(2)28(25)19-35(31(34)41)29(21-8-11-23(37)12-9-21)20-39(3)36(35)27-6-4-5-7-30(27)38-32(36)42/h4-12,24-26,28-29,40H,13-20H2,1-3H3,(H,38,42)/t24-,25+,26-,28-,29-,33-,34-,35+,36+/m0/s1. The number of benzene rings is 2. The lowest BCUT2D eigenvalue weighted by Crippen LogP contribution is -2.58. The number of hydrogen-bond donors (Lipinski definition) is 2. The molecule has 0 aromatic heterocycles. The molecule has 2 aliphatic heterocycles. The van der Waals surface area contributed by atoms with Crippen LogP contribution in [0.2, 0.25) is 5.02 Å². The van der Waals surface area contributed by atoms with Crippen molar-refractivity contribution in [1.82, 2.24) is 4.90 Å². The first-order valence-corrected chi connectivity index (χ1v) is 16.3. The Balaban J connectivity index is 1.32. The lowest BCUT2D eigenvalue weighted by atomic mass is 9.48. The summed E-state index contributed by atoms with van der Waals surface area (Å²) in [6.07, 6.45) is 8.41. The average Bonchev–Trinajstić information content (AvgIpc) is 3.52. The molecule has 2 N–H and O–H groups in total. The Morgan fingerprint density at radius 2 is 1.71 bits per heavy atom. The van der Waals surface area contributed by atoms with Gasteiger partial charge in [0.1, 0.15) is 11.3 Å². The molecule has 5 nitrogen and oxygen atoms in total. The summed E-state index contributed by atoms with van der Waals surface area (Å²) in [5.74, 6) is 1.19. The minimum Gasteiger partial charge on any atom is -0.393 e. The Hall–Kier alpha value is -2.47. The number of carbonyl (C=O) groups is 2. The maximum atomic E-state index is 15.6. The summed E-state index contributed by atoms with van der Waals surface area (Å²) >= 11 is 6.35. The fourth-order valence-electron chi connectivity index (χ4n) is 11.5. The first-order chi connectivity index (χ1) is 20.1. The van der Waals surface area contributed by atoms with Crippen LogP contribution in [0.15, 0.2) is 60.2 Å². The van der Waals surface area contributed by atoms with Crippen LogP contribution in [0.5, 0.6) is 0 Å². The molecule has 9 atom stereocenters. The molecule has 0 bridgehead atoms. The number of allylic oxidation sites excluding steroid dienone is 1. The molecule has 6 aliphatic rings. The van der Waals surface area contributed by atoms with E-state index in [0.29, 0.717) is 29.8 Å². The third-order valence-corrected chi connectivity index (χ3v) is 13.6. The van der Waals surface area contributed by atoms with E-state index in [0.717, 1.165) is 55.3 Å². The summed E-state index contributed by atoms with van der Waals surface area (Å²) in [5, 5.41) is 14.4. The number of rotatable bonds is 1. The van der Waals surface area contributed by atoms with Gasteiger partial charge in [0.25, 0.3) is 5.91 Å². The Morgan fingerprint density at radius 3 is 2.50 bits per heavy atom. The molecular formula is C36H41ClN2O3. The molecule has 2 aromatic carbocycles. The predicted octanol–water partition coefficient (Wildman–Crippen LogP) is 6.71. The van der Waals surface area contributed by atoms with Gasteiger partial charge in [0, 0.05) is 34.2 Å². The van der Waals surface area contributed by atoms with Crippen molar-refractivity contribution in [3.8, 4) is 0 Å². The maximum Gasteiger partial charge on any atom is 0.250 e. The number of hydrogen-bond acceptors (Lipinski definition) is 4. The quantitative estimate of drug-likeness (QED) is 0.366. The number of carbonyl (C=O) groups excluding carboxylic acids is 2. The maximum absolute atomic E-state index is 15.6.